The number of hydrogen-bond acceptors (Lipinski definition) is 4. The van der Waals surface area contributed by atoms with Gasteiger partial charge in [0.1, 0.15) is 6.04 Å². The summed E-state index contributed by atoms with van der Waals surface area (Å²) in [5, 5.41) is 11.5. The molecule has 14 heavy (non-hydrogen) atoms. The molecule has 1 rings (SSSR count). The molecule has 0 radical (unpaired) electrons. The molecule has 0 aliphatic rings. The predicted octanol–water partition coefficient (Wildman–Crippen LogP) is -0.246. The highest BCUT2D eigenvalue weighted by molar-refractivity contribution is 5.74. The van der Waals surface area contributed by atoms with Gasteiger partial charge >= 0.3 is 5.97 Å². The van der Waals surface area contributed by atoms with Crippen molar-refractivity contribution in [2.24, 2.45) is 5.73 Å². The average Bonchev–Trinajstić information content (AvgIpc) is 2.19. The molecule has 0 aliphatic carbocycles. The van der Waals surface area contributed by atoms with E-state index in [1.807, 2.05) is 0 Å². The molecule has 4 N–H and O–H groups in total. The minimum absolute atomic E-state index is 0.564. The highest BCUT2D eigenvalue weighted by Crippen LogP contribution is 2.10. The van der Waals surface area contributed by atoms with Crippen molar-refractivity contribution in [1.29, 1.82) is 0 Å². The summed E-state index contributed by atoms with van der Waals surface area (Å²) in [5.41, 5.74) is 6.31. The van der Waals surface area contributed by atoms with Crippen molar-refractivity contribution in [3.05, 3.63) is 30.1 Å². The maximum Gasteiger partial charge on any atom is 0.322 e. The van der Waals surface area contributed by atoms with Gasteiger partial charge in [-0.05, 0) is 19.2 Å². The minimum Gasteiger partial charge on any atom is -0.480 e. The van der Waals surface area contributed by atoms with E-state index in [-0.39, 0.29) is 0 Å². The van der Waals surface area contributed by atoms with E-state index in [0.717, 1.165) is 0 Å². The van der Waals surface area contributed by atoms with Crippen LogP contribution in [0, 0.1) is 0 Å². The number of pyridine rings is 1. The molecule has 0 fully saturated rings. The van der Waals surface area contributed by atoms with E-state index in [9.17, 15) is 4.79 Å². The van der Waals surface area contributed by atoms with Gasteiger partial charge in [-0.15, -0.1) is 0 Å². The number of likely N-dealkylation sites (N-methyl/N-ethyl adjacent to an activating group) is 1. The molecule has 1 aromatic rings. The Balaban J connectivity index is 2.83. The molecule has 0 saturated carbocycles. The summed E-state index contributed by atoms with van der Waals surface area (Å²) in [7, 11) is 1.56. The summed E-state index contributed by atoms with van der Waals surface area (Å²) >= 11 is 0. The van der Waals surface area contributed by atoms with Crippen LogP contribution >= 0.6 is 0 Å². The molecule has 1 heterocycles. The number of rotatable bonds is 4. The lowest BCUT2D eigenvalue weighted by molar-refractivity contribution is -0.139. The molecule has 76 valence electrons. The maximum absolute atomic E-state index is 10.8. The van der Waals surface area contributed by atoms with Crippen molar-refractivity contribution in [3.8, 4) is 0 Å². The van der Waals surface area contributed by atoms with Crippen molar-refractivity contribution in [3.63, 3.8) is 0 Å². The molecule has 5 nitrogen and oxygen atoms in total. The van der Waals surface area contributed by atoms with Gasteiger partial charge in [0.2, 0.25) is 0 Å². The van der Waals surface area contributed by atoms with E-state index in [2.05, 4.69) is 10.3 Å². The van der Waals surface area contributed by atoms with Gasteiger partial charge < -0.3 is 16.2 Å². The number of nitrogens with zero attached hydrogens (tertiary/aromatic N) is 1. The summed E-state index contributed by atoms with van der Waals surface area (Å²) in [5.74, 6) is -0.981. The Morgan fingerprint density at radius 1 is 1.64 bits per heavy atom. The first-order valence-electron chi connectivity index (χ1n) is 4.23. The summed E-state index contributed by atoms with van der Waals surface area (Å²) in [6.07, 6.45) is 1.59. The molecule has 0 amide bonds. The average molecular weight is 195 g/mol. The van der Waals surface area contributed by atoms with Gasteiger partial charge in [0.25, 0.3) is 0 Å². The zero-order valence-electron chi connectivity index (χ0n) is 7.84. The summed E-state index contributed by atoms with van der Waals surface area (Å²) in [6, 6.07) is 3.78. The molecule has 5 heteroatoms. The Morgan fingerprint density at radius 2 is 2.36 bits per heavy atom. The van der Waals surface area contributed by atoms with Gasteiger partial charge in [-0.25, -0.2) is 0 Å². The van der Waals surface area contributed by atoms with Crippen LogP contribution < -0.4 is 11.1 Å². The van der Waals surface area contributed by atoms with Crippen LogP contribution in [0.15, 0.2) is 24.4 Å². The standard InChI is InChI=1S/C9H13N3O2/c1-11-8(9(13)14)7(10)6-4-2-3-5-12-6/h2-5,7-8,11H,10H2,1H3,(H,13,14). The maximum atomic E-state index is 10.8. The topological polar surface area (TPSA) is 88.2 Å². The van der Waals surface area contributed by atoms with Crippen molar-refractivity contribution >= 4 is 5.97 Å². The number of aromatic nitrogens is 1. The second-order valence-electron chi connectivity index (χ2n) is 2.88. The molecule has 0 aromatic carbocycles. The third-order valence-electron chi connectivity index (χ3n) is 1.97. The Bertz CT molecular complexity index is 302. The fourth-order valence-electron chi connectivity index (χ4n) is 1.20. The zero-order chi connectivity index (χ0) is 10.6. The van der Waals surface area contributed by atoms with Crippen LogP contribution in [0.2, 0.25) is 0 Å². The molecule has 0 spiro atoms. The van der Waals surface area contributed by atoms with Crippen molar-refractivity contribution in [1.82, 2.24) is 10.3 Å². The Hall–Kier alpha value is -1.46. The number of carboxylic acids is 1. The molecular weight excluding hydrogens is 182 g/mol. The first-order valence-corrected chi connectivity index (χ1v) is 4.23. The van der Waals surface area contributed by atoms with E-state index in [0.29, 0.717) is 5.69 Å². The van der Waals surface area contributed by atoms with Crippen molar-refractivity contribution in [2.45, 2.75) is 12.1 Å². The largest absolute Gasteiger partial charge is 0.480 e. The molecule has 0 aliphatic heterocycles. The van der Waals surface area contributed by atoms with Crippen LogP contribution in [0.1, 0.15) is 11.7 Å². The van der Waals surface area contributed by atoms with E-state index in [1.54, 1.807) is 31.4 Å². The third-order valence-corrected chi connectivity index (χ3v) is 1.97. The lowest BCUT2D eigenvalue weighted by atomic mass is 10.1. The number of aliphatic carboxylic acids is 1. The molecular formula is C9H13N3O2. The van der Waals surface area contributed by atoms with Crippen LogP contribution in [0.5, 0.6) is 0 Å². The van der Waals surface area contributed by atoms with E-state index >= 15 is 0 Å². The fraction of sp³-hybridized carbons (Fsp3) is 0.333. The van der Waals surface area contributed by atoms with Crippen LogP contribution in [0.25, 0.3) is 0 Å². The number of carbonyl (C=O) groups is 1. The van der Waals surface area contributed by atoms with Gasteiger partial charge in [-0.3, -0.25) is 9.78 Å². The fourth-order valence-corrected chi connectivity index (χ4v) is 1.20. The second kappa shape index (κ2) is 4.69. The van der Waals surface area contributed by atoms with Crippen molar-refractivity contribution < 1.29 is 9.90 Å². The quantitative estimate of drug-likeness (QED) is 0.616. The van der Waals surface area contributed by atoms with Crippen LogP contribution in [0.4, 0.5) is 0 Å². The van der Waals surface area contributed by atoms with Gasteiger partial charge in [-0.2, -0.15) is 0 Å². The number of carboxylic acid groups (broad SMARTS) is 1. The number of nitrogens with two attached hydrogens (primary N) is 1. The molecule has 0 saturated heterocycles. The lowest BCUT2D eigenvalue weighted by Crippen LogP contribution is -2.43. The van der Waals surface area contributed by atoms with Gasteiger partial charge in [-0.1, -0.05) is 6.07 Å². The molecule has 1 aromatic heterocycles. The van der Waals surface area contributed by atoms with E-state index < -0.39 is 18.1 Å². The SMILES string of the molecule is CNC(C(=O)O)C(N)c1ccccn1. The minimum atomic E-state index is -0.981. The van der Waals surface area contributed by atoms with Crippen LogP contribution in [-0.2, 0) is 4.79 Å². The van der Waals surface area contributed by atoms with Gasteiger partial charge in [0, 0.05) is 6.20 Å². The third kappa shape index (κ3) is 2.27. The summed E-state index contributed by atoms with van der Waals surface area (Å²) < 4.78 is 0. The lowest BCUT2D eigenvalue weighted by Gasteiger charge is -2.18. The monoisotopic (exact) mass is 195 g/mol. The number of nitrogens with one attached hydrogen (secondary N) is 1. The molecule has 2 atom stereocenters. The van der Waals surface area contributed by atoms with Crippen molar-refractivity contribution in [2.75, 3.05) is 7.05 Å². The first kappa shape index (κ1) is 10.6. The normalized spacial score (nSPS) is 14.7. The summed E-state index contributed by atoms with van der Waals surface area (Å²) in [4.78, 5) is 14.8. The summed E-state index contributed by atoms with van der Waals surface area (Å²) in [6.45, 7) is 0. The first-order chi connectivity index (χ1) is 6.66. The Morgan fingerprint density at radius 3 is 2.79 bits per heavy atom. The number of hydrogen-bond donors (Lipinski definition) is 3. The highest BCUT2D eigenvalue weighted by Gasteiger charge is 2.25. The highest BCUT2D eigenvalue weighted by atomic mass is 16.4. The Kier molecular flexibility index (Phi) is 3.55. The molecule has 2 unspecified atom stereocenters. The van der Waals surface area contributed by atoms with E-state index in [4.69, 9.17) is 10.8 Å². The molecule has 0 bridgehead atoms. The smallest absolute Gasteiger partial charge is 0.322 e. The zero-order valence-corrected chi connectivity index (χ0v) is 7.84. The van der Waals surface area contributed by atoms with Gasteiger partial charge in [0.05, 0.1) is 11.7 Å². The van der Waals surface area contributed by atoms with Gasteiger partial charge in [0.15, 0.2) is 0 Å². The Labute approximate surface area is 82.0 Å². The second-order valence-corrected chi connectivity index (χ2v) is 2.88. The predicted molar refractivity (Wildman–Crippen MR) is 51.6 cm³/mol. The van der Waals surface area contributed by atoms with Crippen LogP contribution in [0.3, 0.4) is 0 Å². The van der Waals surface area contributed by atoms with E-state index in [1.165, 1.54) is 0 Å². The van der Waals surface area contributed by atoms with Crippen LogP contribution in [-0.4, -0.2) is 29.1 Å².